The van der Waals surface area contributed by atoms with Crippen LogP contribution >= 0.6 is 11.6 Å². The Labute approximate surface area is 130 Å². The number of imidazole rings is 1. The van der Waals surface area contributed by atoms with Crippen LogP contribution in [-0.4, -0.2) is 34.1 Å². The average molecular weight is 308 g/mol. The normalized spacial score (nSPS) is 16.5. The highest BCUT2D eigenvalue weighted by Crippen LogP contribution is 2.50. The molecule has 3 rings (SSSR count). The zero-order valence-electron chi connectivity index (χ0n) is 12.7. The standard InChI is InChI=1S/C16H22ClN3O/c1-12-4-9-18-15-14(12)19-13(3-8-17)20(15)11-16(5-6-16)7-10-21-2/h4,9H,3,5-8,10-11H2,1-2H3. The Hall–Kier alpha value is -1.13. The van der Waals surface area contributed by atoms with E-state index in [1.807, 2.05) is 12.3 Å². The van der Waals surface area contributed by atoms with E-state index < -0.39 is 0 Å². The number of nitrogens with zero attached hydrogens (tertiary/aromatic N) is 3. The molecule has 21 heavy (non-hydrogen) atoms. The number of rotatable bonds is 7. The summed E-state index contributed by atoms with van der Waals surface area (Å²) in [7, 11) is 1.77. The molecule has 0 spiro atoms. The van der Waals surface area contributed by atoms with Gasteiger partial charge in [-0.15, -0.1) is 11.6 Å². The molecule has 1 saturated carbocycles. The van der Waals surface area contributed by atoms with Crippen LogP contribution in [0.1, 0.15) is 30.7 Å². The lowest BCUT2D eigenvalue weighted by Crippen LogP contribution is -2.16. The molecule has 0 aliphatic heterocycles. The van der Waals surface area contributed by atoms with Gasteiger partial charge in [0.25, 0.3) is 0 Å². The summed E-state index contributed by atoms with van der Waals surface area (Å²) in [5.41, 5.74) is 3.56. The molecule has 0 N–H and O–H groups in total. The molecule has 5 heteroatoms. The van der Waals surface area contributed by atoms with Crippen LogP contribution in [0.5, 0.6) is 0 Å². The fourth-order valence-corrected chi connectivity index (χ4v) is 3.11. The first-order valence-corrected chi connectivity index (χ1v) is 8.08. The number of pyridine rings is 1. The molecule has 2 aromatic heterocycles. The summed E-state index contributed by atoms with van der Waals surface area (Å²) in [6.07, 6.45) is 6.30. The van der Waals surface area contributed by atoms with Crippen molar-refractivity contribution >= 4 is 22.8 Å². The fraction of sp³-hybridized carbons (Fsp3) is 0.625. The number of ether oxygens (including phenoxy) is 1. The molecule has 1 fully saturated rings. The van der Waals surface area contributed by atoms with Crippen molar-refractivity contribution in [2.45, 2.75) is 39.2 Å². The second-order valence-corrected chi connectivity index (χ2v) is 6.47. The molecule has 0 unspecified atom stereocenters. The minimum atomic E-state index is 0.371. The molecular formula is C16H22ClN3O. The predicted octanol–water partition coefficient (Wildman–Crippen LogP) is 3.34. The Morgan fingerprint density at radius 2 is 2.24 bits per heavy atom. The molecule has 0 saturated heterocycles. The number of alkyl halides is 1. The van der Waals surface area contributed by atoms with E-state index in [-0.39, 0.29) is 0 Å². The van der Waals surface area contributed by atoms with E-state index in [9.17, 15) is 0 Å². The van der Waals surface area contributed by atoms with E-state index in [0.717, 1.165) is 43.0 Å². The van der Waals surface area contributed by atoms with Crippen molar-refractivity contribution in [3.8, 4) is 0 Å². The zero-order valence-corrected chi connectivity index (χ0v) is 13.5. The minimum Gasteiger partial charge on any atom is -0.385 e. The molecule has 0 radical (unpaired) electrons. The first-order chi connectivity index (χ1) is 10.2. The van der Waals surface area contributed by atoms with Gasteiger partial charge in [0.15, 0.2) is 5.65 Å². The molecule has 2 heterocycles. The Morgan fingerprint density at radius 3 is 2.90 bits per heavy atom. The lowest BCUT2D eigenvalue weighted by Gasteiger charge is -2.17. The number of fused-ring (bicyclic) bond motifs is 1. The average Bonchev–Trinajstić information content (AvgIpc) is 3.16. The van der Waals surface area contributed by atoms with Gasteiger partial charge in [0.05, 0.1) is 0 Å². The number of aryl methyl sites for hydroxylation is 2. The van der Waals surface area contributed by atoms with Crippen molar-refractivity contribution < 1.29 is 4.74 Å². The van der Waals surface area contributed by atoms with Gasteiger partial charge in [0.2, 0.25) is 0 Å². The first-order valence-electron chi connectivity index (χ1n) is 7.55. The van der Waals surface area contributed by atoms with Crippen LogP contribution in [0, 0.1) is 12.3 Å². The van der Waals surface area contributed by atoms with Crippen LogP contribution in [0.2, 0.25) is 0 Å². The van der Waals surface area contributed by atoms with E-state index in [1.54, 1.807) is 7.11 Å². The molecule has 2 aromatic rings. The number of aromatic nitrogens is 3. The van der Waals surface area contributed by atoms with Crippen LogP contribution in [0.25, 0.3) is 11.2 Å². The van der Waals surface area contributed by atoms with E-state index in [1.165, 1.54) is 18.4 Å². The molecule has 1 aliphatic rings. The molecule has 0 aromatic carbocycles. The molecule has 0 atom stereocenters. The highest BCUT2D eigenvalue weighted by Gasteiger charge is 2.43. The van der Waals surface area contributed by atoms with E-state index >= 15 is 0 Å². The molecular weight excluding hydrogens is 286 g/mol. The Morgan fingerprint density at radius 1 is 1.43 bits per heavy atom. The van der Waals surface area contributed by atoms with Gasteiger partial charge in [-0.25, -0.2) is 9.97 Å². The van der Waals surface area contributed by atoms with Gasteiger partial charge in [-0.05, 0) is 43.2 Å². The highest BCUT2D eigenvalue weighted by atomic mass is 35.5. The Bertz CT molecular complexity index is 634. The summed E-state index contributed by atoms with van der Waals surface area (Å²) in [5, 5.41) is 0. The van der Waals surface area contributed by atoms with Crippen LogP contribution in [0.15, 0.2) is 12.3 Å². The predicted molar refractivity (Wildman–Crippen MR) is 84.8 cm³/mol. The zero-order chi connectivity index (χ0) is 14.9. The summed E-state index contributed by atoms with van der Waals surface area (Å²) in [5.74, 6) is 1.65. The third-order valence-electron chi connectivity index (χ3n) is 4.52. The molecule has 114 valence electrons. The van der Waals surface area contributed by atoms with Crippen LogP contribution < -0.4 is 0 Å². The van der Waals surface area contributed by atoms with Gasteiger partial charge < -0.3 is 9.30 Å². The molecule has 4 nitrogen and oxygen atoms in total. The number of methoxy groups -OCH3 is 1. The van der Waals surface area contributed by atoms with Gasteiger partial charge >= 0.3 is 0 Å². The molecule has 0 amide bonds. The van der Waals surface area contributed by atoms with Crippen molar-refractivity contribution in [3.63, 3.8) is 0 Å². The summed E-state index contributed by atoms with van der Waals surface area (Å²) < 4.78 is 7.54. The molecule has 0 bridgehead atoms. The third kappa shape index (κ3) is 2.92. The number of hydrogen-bond donors (Lipinski definition) is 0. The number of halogens is 1. The van der Waals surface area contributed by atoms with E-state index in [0.29, 0.717) is 11.3 Å². The summed E-state index contributed by atoms with van der Waals surface area (Å²) in [6.45, 7) is 3.89. The quantitative estimate of drug-likeness (QED) is 0.737. The largest absolute Gasteiger partial charge is 0.385 e. The SMILES string of the molecule is COCCC1(Cn2c(CCCl)nc3c(C)ccnc32)CC1. The lowest BCUT2D eigenvalue weighted by molar-refractivity contribution is 0.167. The monoisotopic (exact) mass is 307 g/mol. The van der Waals surface area contributed by atoms with Crippen LogP contribution in [0.4, 0.5) is 0 Å². The summed E-state index contributed by atoms with van der Waals surface area (Å²) >= 11 is 5.95. The van der Waals surface area contributed by atoms with E-state index in [2.05, 4.69) is 16.5 Å². The second kappa shape index (κ2) is 5.93. The Kier molecular flexibility index (Phi) is 4.18. The van der Waals surface area contributed by atoms with Crippen molar-refractivity contribution in [3.05, 3.63) is 23.7 Å². The van der Waals surface area contributed by atoms with Crippen molar-refractivity contribution in [2.24, 2.45) is 5.41 Å². The van der Waals surface area contributed by atoms with Gasteiger partial charge in [-0.2, -0.15) is 0 Å². The van der Waals surface area contributed by atoms with Gasteiger partial charge in [0.1, 0.15) is 11.3 Å². The second-order valence-electron chi connectivity index (χ2n) is 6.10. The number of hydrogen-bond acceptors (Lipinski definition) is 3. The smallest absolute Gasteiger partial charge is 0.160 e. The van der Waals surface area contributed by atoms with Crippen LogP contribution in [-0.2, 0) is 17.7 Å². The maximum Gasteiger partial charge on any atom is 0.160 e. The topological polar surface area (TPSA) is 39.9 Å². The minimum absolute atomic E-state index is 0.371. The molecule has 1 aliphatic carbocycles. The highest BCUT2D eigenvalue weighted by molar-refractivity contribution is 6.17. The lowest BCUT2D eigenvalue weighted by atomic mass is 10.0. The maximum atomic E-state index is 5.95. The van der Waals surface area contributed by atoms with Crippen molar-refractivity contribution in [2.75, 3.05) is 19.6 Å². The van der Waals surface area contributed by atoms with Gasteiger partial charge in [-0.3, -0.25) is 0 Å². The Balaban J connectivity index is 1.96. The van der Waals surface area contributed by atoms with Crippen LogP contribution in [0.3, 0.4) is 0 Å². The maximum absolute atomic E-state index is 5.95. The summed E-state index contributed by atoms with van der Waals surface area (Å²) in [6, 6.07) is 2.02. The fourth-order valence-electron chi connectivity index (χ4n) is 2.94. The van der Waals surface area contributed by atoms with Crippen molar-refractivity contribution in [1.82, 2.24) is 14.5 Å². The van der Waals surface area contributed by atoms with E-state index in [4.69, 9.17) is 21.3 Å². The van der Waals surface area contributed by atoms with Gasteiger partial charge in [0, 0.05) is 38.8 Å². The first kappa shape index (κ1) is 14.8. The summed E-state index contributed by atoms with van der Waals surface area (Å²) in [4.78, 5) is 9.34. The third-order valence-corrected chi connectivity index (χ3v) is 4.71. The van der Waals surface area contributed by atoms with Gasteiger partial charge in [-0.1, -0.05) is 0 Å². The van der Waals surface area contributed by atoms with Crippen molar-refractivity contribution in [1.29, 1.82) is 0 Å².